The molecule has 0 fully saturated rings. The van der Waals surface area contributed by atoms with Crippen LogP contribution >= 0.6 is 0 Å². The van der Waals surface area contributed by atoms with Gasteiger partial charge in [-0.25, -0.2) is 0 Å². The van der Waals surface area contributed by atoms with Gasteiger partial charge in [0.1, 0.15) is 0 Å². The van der Waals surface area contributed by atoms with Gasteiger partial charge < -0.3 is 10.1 Å². The summed E-state index contributed by atoms with van der Waals surface area (Å²) in [7, 11) is 1.78. The predicted molar refractivity (Wildman–Crippen MR) is 71.0 cm³/mol. The van der Waals surface area contributed by atoms with E-state index in [1.807, 2.05) is 0 Å². The van der Waals surface area contributed by atoms with Crippen LogP contribution < -0.4 is 5.32 Å². The second-order valence-corrected chi connectivity index (χ2v) is 4.70. The minimum Gasteiger partial charge on any atom is -0.383 e. The zero-order chi connectivity index (χ0) is 12.4. The molecule has 3 nitrogen and oxygen atoms in total. The largest absolute Gasteiger partial charge is 0.383 e. The zero-order valence-corrected chi connectivity index (χ0v) is 11.8. The summed E-state index contributed by atoms with van der Waals surface area (Å²) in [6.07, 6.45) is 2.39. The Bertz CT molecular complexity index is 151. The number of nitrogens with zero attached hydrogens (tertiary/aromatic N) is 1. The van der Waals surface area contributed by atoms with Crippen molar-refractivity contribution in [1.29, 1.82) is 0 Å². The molecule has 0 aromatic heterocycles. The van der Waals surface area contributed by atoms with Crippen LogP contribution in [-0.4, -0.2) is 50.3 Å². The first-order chi connectivity index (χ1) is 7.65. The fourth-order valence-corrected chi connectivity index (χ4v) is 1.86. The van der Waals surface area contributed by atoms with Gasteiger partial charge in [0.25, 0.3) is 0 Å². The van der Waals surface area contributed by atoms with Gasteiger partial charge in [0.15, 0.2) is 0 Å². The summed E-state index contributed by atoms with van der Waals surface area (Å²) in [5, 5.41) is 3.55. The molecule has 0 saturated carbocycles. The molecule has 0 aliphatic heterocycles. The van der Waals surface area contributed by atoms with Crippen LogP contribution in [0.3, 0.4) is 0 Å². The van der Waals surface area contributed by atoms with Crippen molar-refractivity contribution in [3.63, 3.8) is 0 Å². The first-order valence-corrected chi connectivity index (χ1v) is 6.62. The molecule has 3 heteroatoms. The molecule has 0 rings (SSSR count). The lowest BCUT2D eigenvalue weighted by Crippen LogP contribution is -2.46. The number of hydrogen-bond donors (Lipinski definition) is 1. The third kappa shape index (κ3) is 7.20. The SMILES string of the molecule is CCCNC(COC)CN(CCC)C(C)C. The van der Waals surface area contributed by atoms with Crippen LogP contribution in [0.15, 0.2) is 0 Å². The molecular weight excluding hydrogens is 200 g/mol. The Labute approximate surface area is 102 Å². The van der Waals surface area contributed by atoms with Gasteiger partial charge in [-0.15, -0.1) is 0 Å². The van der Waals surface area contributed by atoms with E-state index in [0.29, 0.717) is 12.1 Å². The third-order valence-corrected chi connectivity index (χ3v) is 2.75. The molecular formula is C13H30N2O. The highest BCUT2D eigenvalue weighted by Gasteiger charge is 2.15. The molecule has 1 unspecified atom stereocenters. The summed E-state index contributed by atoms with van der Waals surface area (Å²) in [6, 6.07) is 1.07. The second kappa shape index (κ2) is 10.1. The van der Waals surface area contributed by atoms with Crippen molar-refractivity contribution in [3.8, 4) is 0 Å². The Morgan fingerprint density at radius 3 is 2.31 bits per heavy atom. The topological polar surface area (TPSA) is 24.5 Å². The van der Waals surface area contributed by atoms with Gasteiger partial charge in [0, 0.05) is 25.7 Å². The monoisotopic (exact) mass is 230 g/mol. The maximum Gasteiger partial charge on any atom is 0.0628 e. The summed E-state index contributed by atoms with van der Waals surface area (Å²) >= 11 is 0. The van der Waals surface area contributed by atoms with Gasteiger partial charge >= 0.3 is 0 Å². The third-order valence-electron chi connectivity index (χ3n) is 2.75. The van der Waals surface area contributed by atoms with E-state index < -0.39 is 0 Å². The molecule has 0 amide bonds. The smallest absolute Gasteiger partial charge is 0.0628 e. The summed E-state index contributed by atoms with van der Waals surface area (Å²) in [5.41, 5.74) is 0. The molecule has 0 spiro atoms. The van der Waals surface area contributed by atoms with Crippen LogP contribution in [0.25, 0.3) is 0 Å². The molecule has 0 aliphatic carbocycles. The maximum absolute atomic E-state index is 5.27. The van der Waals surface area contributed by atoms with Gasteiger partial charge in [-0.2, -0.15) is 0 Å². The van der Waals surface area contributed by atoms with Crippen molar-refractivity contribution in [2.75, 3.05) is 33.4 Å². The minimum atomic E-state index is 0.457. The van der Waals surface area contributed by atoms with Crippen LogP contribution in [0, 0.1) is 0 Å². The van der Waals surface area contributed by atoms with Crippen molar-refractivity contribution in [3.05, 3.63) is 0 Å². The quantitative estimate of drug-likeness (QED) is 0.622. The molecule has 0 aromatic rings. The number of methoxy groups -OCH3 is 1. The van der Waals surface area contributed by atoms with Gasteiger partial charge in [-0.1, -0.05) is 13.8 Å². The molecule has 0 bridgehead atoms. The van der Waals surface area contributed by atoms with Gasteiger partial charge in [0.05, 0.1) is 6.61 Å². The summed E-state index contributed by atoms with van der Waals surface area (Å²) in [5.74, 6) is 0. The van der Waals surface area contributed by atoms with E-state index in [1.165, 1.54) is 19.4 Å². The van der Waals surface area contributed by atoms with Crippen LogP contribution in [0.4, 0.5) is 0 Å². The predicted octanol–water partition coefficient (Wildman–Crippen LogP) is 2.12. The fourth-order valence-electron chi connectivity index (χ4n) is 1.86. The van der Waals surface area contributed by atoms with Crippen LogP contribution in [-0.2, 0) is 4.74 Å². The van der Waals surface area contributed by atoms with Crippen LogP contribution in [0.5, 0.6) is 0 Å². The van der Waals surface area contributed by atoms with E-state index in [9.17, 15) is 0 Å². The normalized spacial score (nSPS) is 13.7. The fraction of sp³-hybridized carbons (Fsp3) is 1.00. The molecule has 98 valence electrons. The van der Waals surface area contributed by atoms with E-state index in [4.69, 9.17) is 4.74 Å². The molecule has 0 aromatic carbocycles. The molecule has 1 atom stereocenters. The van der Waals surface area contributed by atoms with Gasteiger partial charge in [-0.05, 0) is 39.8 Å². The lowest BCUT2D eigenvalue weighted by Gasteiger charge is -2.30. The Balaban J connectivity index is 4.09. The highest BCUT2D eigenvalue weighted by molar-refractivity contribution is 4.73. The maximum atomic E-state index is 5.27. The van der Waals surface area contributed by atoms with E-state index in [-0.39, 0.29) is 0 Å². The lowest BCUT2D eigenvalue weighted by molar-refractivity contribution is 0.125. The summed E-state index contributed by atoms with van der Waals surface area (Å²) < 4.78 is 5.27. The van der Waals surface area contributed by atoms with Crippen molar-refractivity contribution >= 4 is 0 Å². The number of ether oxygens (including phenoxy) is 1. The van der Waals surface area contributed by atoms with Crippen LogP contribution in [0.2, 0.25) is 0 Å². The molecule has 0 heterocycles. The van der Waals surface area contributed by atoms with E-state index in [2.05, 4.69) is 37.9 Å². The Hall–Kier alpha value is -0.120. The van der Waals surface area contributed by atoms with Crippen molar-refractivity contribution < 1.29 is 4.74 Å². The standard InChI is InChI=1S/C13H30N2O/c1-6-8-14-13(11-16-5)10-15(9-7-2)12(3)4/h12-14H,6-11H2,1-5H3. The van der Waals surface area contributed by atoms with Gasteiger partial charge in [0.2, 0.25) is 0 Å². The molecule has 0 radical (unpaired) electrons. The minimum absolute atomic E-state index is 0.457. The highest BCUT2D eigenvalue weighted by atomic mass is 16.5. The van der Waals surface area contributed by atoms with Crippen molar-refractivity contribution in [1.82, 2.24) is 10.2 Å². The summed E-state index contributed by atoms with van der Waals surface area (Å²) in [4.78, 5) is 2.52. The van der Waals surface area contributed by atoms with E-state index in [0.717, 1.165) is 19.7 Å². The molecule has 0 aliphatic rings. The first kappa shape index (κ1) is 15.9. The lowest BCUT2D eigenvalue weighted by atomic mass is 10.2. The molecule has 0 saturated heterocycles. The Kier molecular flexibility index (Phi) is 9.99. The average Bonchev–Trinajstić information content (AvgIpc) is 2.25. The summed E-state index contributed by atoms with van der Waals surface area (Å²) in [6.45, 7) is 13.1. The average molecular weight is 230 g/mol. The number of hydrogen-bond acceptors (Lipinski definition) is 3. The Morgan fingerprint density at radius 1 is 1.19 bits per heavy atom. The van der Waals surface area contributed by atoms with Crippen molar-refractivity contribution in [2.24, 2.45) is 0 Å². The number of rotatable bonds is 10. The molecule has 1 N–H and O–H groups in total. The zero-order valence-electron chi connectivity index (χ0n) is 11.8. The van der Waals surface area contributed by atoms with Crippen LogP contribution in [0.1, 0.15) is 40.5 Å². The highest BCUT2D eigenvalue weighted by Crippen LogP contribution is 2.02. The van der Waals surface area contributed by atoms with E-state index in [1.54, 1.807) is 7.11 Å². The van der Waals surface area contributed by atoms with Gasteiger partial charge in [-0.3, -0.25) is 4.90 Å². The van der Waals surface area contributed by atoms with Crippen molar-refractivity contribution in [2.45, 2.75) is 52.6 Å². The number of nitrogens with one attached hydrogen (secondary N) is 1. The molecule has 16 heavy (non-hydrogen) atoms. The second-order valence-electron chi connectivity index (χ2n) is 4.70. The Morgan fingerprint density at radius 2 is 1.88 bits per heavy atom. The first-order valence-electron chi connectivity index (χ1n) is 6.62. The van der Waals surface area contributed by atoms with E-state index >= 15 is 0 Å².